The lowest BCUT2D eigenvalue weighted by Crippen LogP contribution is -2.07. The molecule has 0 aliphatic rings. The number of hydrogen-bond donors (Lipinski definition) is 2. The molecule has 0 aromatic carbocycles. The molecule has 0 fully saturated rings. The van der Waals surface area contributed by atoms with Crippen molar-refractivity contribution in [1.82, 2.24) is 0 Å². The molecule has 0 heterocycles. The Bertz CT molecular complexity index is 177. The smallest absolute Gasteiger partial charge is 0.305 e. The molecular formula is C13H28O7. The standard InChI is InChI=1S/C5H8O4.C4H10O.C2H6O2.C2H4/c1-4(6)8-3-9-5(2)7;1-3-5-4-2;3-1-2-4;1-2/h3H2,1-2H3;3-4H2,1-2H3;3-4H,1-2H2;1-2H2. The van der Waals surface area contributed by atoms with Crippen LogP contribution in [0.25, 0.3) is 0 Å². The van der Waals surface area contributed by atoms with Crippen LogP contribution in [0.3, 0.4) is 0 Å². The summed E-state index contributed by atoms with van der Waals surface area (Å²) in [6, 6.07) is 0. The Kier molecular flexibility index (Phi) is 41.2. The molecule has 0 atom stereocenters. The van der Waals surface area contributed by atoms with Crippen LogP contribution < -0.4 is 0 Å². The topological polar surface area (TPSA) is 102 Å². The fourth-order valence-corrected chi connectivity index (χ4v) is 0.400. The van der Waals surface area contributed by atoms with E-state index < -0.39 is 11.9 Å². The van der Waals surface area contributed by atoms with Gasteiger partial charge in [0.15, 0.2) is 0 Å². The predicted octanol–water partition coefficient (Wildman–Crippen LogP) is 0.886. The van der Waals surface area contributed by atoms with E-state index in [2.05, 4.69) is 22.6 Å². The molecule has 0 saturated carbocycles. The summed E-state index contributed by atoms with van der Waals surface area (Å²) in [5.74, 6) is -0.924. The van der Waals surface area contributed by atoms with Crippen LogP contribution in [0.5, 0.6) is 0 Å². The van der Waals surface area contributed by atoms with Crippen LogP contribution in [0.1, 0.15) is 27.7 Å². The zero-order valence-electron chi connectivity index (χ0n) is 12.9. The first-order chi connectivity index (χ1) is 9.45. The van der Waals surface area contributed by atoms with Crippen molar-refractivity contribution in [3.05, 3.63) is 13.2 Å². The zero-order chi connectivity index (χ0) is 16.8. The first-order valence-electron chi connectivity index (χ1n) is 6.02. The fraction of sp³-hybridized carbons (Fsp3) is 0.692. The third kappa shape index (κ3) is 70.2. The van der Waals surface area contributed by atoms with E-state index in [9.17, 15) is 9.59 Å². The van der Waals surface area contributed by atoms with Crippen LogP contribution in [-0.4, -0.2) is 55.4 Å². The lowest BCUT2D eigenvalue weighted by Gasteiger charge is -1.99. The molecule has 0 amide bonds. The maximum atomic E-state index is 10.0. The molecule has 20 heavy (non-hydrogen) atoms. The second kappa shape index (κ2) is 30.5. The van der Waals surface area contributed by atoms with Crippen molar-refractivity contribution < 1.29 is 34.0 Å². The summed E-state index contributed by atoms with van der Waals surface area (Å²) in [6.45, 7) is 13.6. The molecule has 0 bridgehead atoms. The van der Waals surface area contributed by atoms with Crippen LogP contribution in [0, 0.1) is 0 Å². The van der Waals surface area contributed by atoms with Gasteiger partial charge in [-0.2, -0.15) is 0 Å². The van der Waals surface area contributed by atoms with Gasteiger partial charge in [0.1, 0.15) is 0 Å². The predicted molar refractivity (Wildman–Crippen MR) is 76.0 cm³/mol. The van der Waals surface area contributed by atoms with Crippen molar-refractivity contribution in [3.8, 4) is 0 Å². The van der Waals surface area contributed by atoms with Crippen LogP contribution >= 0.6 is 0 Å². The molecule has 7 nitrogen and oxygen atoms in total. The molecule has 2 N–H and O–H groups in total. The van der Waals surface area contributed by atoms with E-state index >= 15 is 0 Å². The SMILES string of the molecule is C=C.CC(=O)OCOC(C)=O.CCOCC.OCCO. The summed E-state index contributed by atoms with van der Waals surface area (Å²) in [7, 11) is 0. The molecule has 122 valence electrons. The molecule has 0 aliphatic carbocycles. The average molecular weight is 296 g/mol. The molecule has 7 heteroatoms. The van der Waals surface area contributed by atoms with Crippen molar-refractivity contribution in [2.75, 3.05) is 33.2 Å². The van der Waals surface area contributed by atoms with Crippen molar-refractivity contribution in [1.29, 1.82) is 0 Å². The van der Waals surface area contributed by atoms with E-state index in [4.69, 9.17) is 14.9 Å². The second-order valence-electron chi connectivity index (χ2n) is 2.62. The Morgan fingerprint density at radius 3 is 1.30 bits per heavy atom. The summed E-state index contributed by atoms with van der Waals surface area (Å²) < 4.78 is 13.4. The molecule has 0 aromatic heterocycles. The number of ether oxygens (including phenoxy) is 3. The zero-order valence-corrected chi connectivity index (χ0v) is 12.9. The van der Waals surface area contributed by atoms with Crippen LogP contribution in [0.15, 0.2) is 13.2 Å². The maximum absolute atomic E-state index is 10.0. The van der Waals surface area contributed by atoms with Crippen LogP contribution in [-0.2, 0) is 23.8 Å². The monoisotopic (exact) mass is 296 g/mol. The quantitative estimate of drug-likeness (QED) is 0.441. The van der Waals surface area contributed by atoms with Gasteiger partial charge in [0, 0.05) is 27.1 Å². The van der Waals surface area contributed by atoms with Gasteiger partial charge in [-0.1, -0.05) is 0 Å². The fourth-order valence-electron chi connectivity index (χ4n) is 0.400. The van der Waals surface area contributed by atoms with E-state index in [0.29, 0.717) is 0 Å². The number of rotatable bonds is 5. The van der Waals surface area contributed by atoms with Gasteiger partial charge in [-0.05, 0) is 13.8 Å². The Morgan fingerprint density at radius 2 is 1.20 bits per heavy atom. The molecule has 0 unspecified atom stereocenters. The van der Waals surface area contributed by atoms with E-state index in [1.807, 2.05) is 13.8 Å². The molecule has 0 saturated heterocycles. The highest BCUT2D eigenvalue weighted by atomic mass is 16.7. The highest BCUT2D eigenvalue weighted by molar-refractivity contribution is 5.67. The van der Waals surface area contributed by atoms with E-state index in [1.165, 1.54) is 13.8 Å². The third-order valence-corrected chi connectivity index (χ3v) is 1.03. The Hall–Kier alpha value is -1.44. The largest absolute Gasteiger partial charge is 0.428 e. The number of carbonyl (C=O) groups excluding carboxylic acids is 2. The Labute approximate surface area is 121 Å². The number of carbonyl (C=O) groups is 2. The highest BCUT2D eigenvalue weighted by Crippen LogP contribution is 1.79. The van der Waals surface area contributed by atoms with Gasteiger partial charge < -0.3 is 24.4 Å². The first-order valence-corrected chi connectivity index (χ1v) is 6.02. The Balaban J connectivity index is -0.0000000990. The first kappa shape index (κ1) is 27.0. The normalized spacial score (nSPS) is 7.50. The molecule has 0 rings (SSSR count). The average Bonchev–Trinajstić information content (AvgIpc) is 2.42. The van der Waals surface area contributed by atoms with E-state index in [-0.39, 0.29) is 20.0 Å². The van der Waals surface area contributed by atoms with Gasteiger partial charge in [-0.25, -0.2) is 0 Å². The van der Waals surface area contributed by atoms with Gasteiger partial charge in [0.05, 0.1) is 13.2 Å². The molecule has 0 aromatic rings. The van der Waals surface area contributed by atoms with Crippen molar-refractivity contribution in [2.45, 2.75) is 27.7 Å². The van der Waals surface area contributed by atoms with E-state index in [0.717, 1.165) is 13.2 Å². The van der Waals surface area contributed by atoms with Gasteiger partial charge in [0.2, 0.25) is 6.79 Å². The molecule has 0 aliphatic heterocycles. The minimum Gasteiger partial charge on any atom is -0.428 e. The van der Waals surface area contributed by atoms with Crippen LogP contribution in [0.4, 0.5) is 0 Å². The van der Waals surface area contributed by atoms with E-state index in [1.54, 1.807) is 0 Å². The van der Waals surface area contributed by atoms with Gasteiger partial charge in [-0.15, -0.1) is 13.2 Å². The van der Waals surface area contributed by atoms with Crippen molar-refractivity contribution in [2.24, 2.45) is 0 Å². The molecular weight excluding hydrogens is 268 g/mol. The summed E-state index contributed by atoms with van der Waals surface area (Å²) in [5.41, 5.74) is 0. The van der Waals surface area contributed by atoms with Gasteiger partial charge >= 0.3 is 11.9 Å². The third-order valence-electron chi connectivity index (χ3n) is 1.03. The second-order valence-corrected chi connectivity index (χ2v) is 2.62. The maximum Gasteiger partial charge on any atom is 0.305 e. The lowest BCUT2D eigenvalue weighted by atomic mass is 10.8. The number of aliphatic hydroxyl groups is 2. The number of aliphatic hydroxyl groups excluding tert-OH is 2. The van der Waals surface area contributed by atoms with Gasteiger partial charge in [0.25, 0.3) is 0 Å². The van der Waals surface area contributed by atoms with Crippen molar-refractivity contribution >= 4 is 11.9 Å². The summed E-state index contributed by atoms with van der Waals surface area (Å²) in [4.78, 5) is 20.0. The number of hydrogen-bond acceptors (Lipinski definition) is 7. The molecule has 0 spiro atoms. The lowest BCUT2D eigenvalue weighted by molar-refractivity contribution is -0.163. The summed E-state index contributed by atoms with van der Waals surface area (Å²) in [6.07, 6.45) is 0. The number of esters is 2. The molecule has 0 radical (unpaired) electrons. The minimum atomic E-state index is -0.462. The minimum absolute atomic E-state index is 0.125. The van der Waals surface area contributed by atoms with Crippen LogP contribution in [0.2, 0.25) is 0 Å². The Morgan fingerprint density at radius 1 is 0.900 bits per heavy atom. The highest BCUT2D eigenvalue weighted by Gasteiger charge is 1.93. The summed E-state index contributed by atoms with van der Waals surface area (Å²) >= 11 is 0. The summed E-state index contributed by atoms with van der Waals surface area (Å²) in [5, 5.41) is 15.2. The van der Waals surface area contributed by atoms with Gasteiger partial charge in [-0.3, -0.25) is 9.59 Å². The van der Waals surface area contributed by atoms with Crippen molar-refractivity contribution in [3.63, 3.8) is 0 Å².